The maximum absolute atomic E-state index is 14.3. The van der Waals surface area contributed by atoms with E-state index in [9.17, 15) is 44.8 Å². The summed E-state index contributed by atoms with van der Waals surface area (Å²) in [6.45, 7) is 1.79. The van der Waals surface area contributed by atoms with Crippen molar-refractivity contribution < 1.29 is 39.5 Å². The van der Waals surface area contributed by atoms with Crippen molar-refractivity contribution in [1.29, 1.82) is 5.26 Å². The summed E-state index contributed by atoms with van der Waals surface area (Å²) in [5, 5.41) is 11.4. The molecule has 320 valence electrons. The summed E-state index contributed by atoms with van der Waals surface area (Å²) in [4.78, 5) is 4.97. The van der Waals surface area contributed by atoms with Crippen LogP contribution in [0, 0.1) is 18.3 Å². The largest absolute Gasteiger partial charge is 0.416 e. The second-order valence-corrected chi connectivity index (χ2v) is 15.7. The van der Waals surface area contributed by atoms with Crippen LogP contribution in [0.4, 0.5) is 39.5 Å². The van der Waals surface area contributed by atoms with Crippen LogP contribution in [0.25, 0.3) is 88.6 Å². The first-order chi connectivity index (χ1) is 31.0. The minimum Gasteiger partial charge on any atom is -0.307 e. The Hall–Kier alpha value is -7.85. The summed E-state index contributed by atoms with van der Waals surface area (Å²) in [6.07, 6.45) is -14.4. The Morgan fingerprint density at radius 2 is 0.815 bits per heavy atom. The number of rotatable bonds is 5. The van der Waals surface area contributed by atoms with E-state index in [0.717, 1.165) is 53.1 Å². The van der Waals surface area contributed by atoms with E-state index in [-0.39, 0.29) is 44.1 Å². The Balaban J connectivity index is 1.37. The zero-order chi connectivity index (χ0) is 45.6. The number of benzene rings is 7. The zero-order valence-corrected chi connectivity index (χ0v) is 33.7. The zero-order valence-electron chi connectivity index (χ0n) is 33.7. The predicted molar refractivity (Wildman–Crippen MR) is 234 cm³/mol. The summed E-state index contributed by atoms with van der Waals surface area (Å²) in [6, 6.07) is 41.9. The van der Waals surface area contributed by atoms with Crippen LogP contribution in [0.2, 0.25) is 0 Å². The summed E-state index contributed by atoms with van der Waals surface area (Å²) in [7, 11) is 0. The lowest BCUT2D eigenvalue weighted by Crippen LogP contribution is -2.07. The monoisotopic (exact) mass is 880 g/mol. The Morgan fingerprint density at radius 1 is 0.431 bits per heavy atom. The fourth-order valence-electron chi connectivity index (χ4n) is 8.67. The highest BCUT2D eigenvalue weighted by molar-refractivity contribution is 6.12. The molecule has 10 aromatic rings. The van der Waals surface area contributed by atoms with E-state index in [1.807, 2.05) is 60.7 Å². The van der Waals surface area contributed by atoms with Crippen LogP contribution in [0.15, 0.2) is 158 Å². The molecule has 0 unspecified atom stereocenters. The van der Waals surface area contributed by atoms with E-state index in [2.05, 4.69) is 6.07 Å². The third-order valence-corrected chi connectivity index (χ3v) is 11.7. The Kier molecular flexibility index (Phi) is 9.42. The molecule has 0 N–H and O–H groups in total. The molecule has 3 aromatic heterocycles. The van der Waals surface area contributed by atoms with E-state index < -0.39 is 35.2 Å². The van der Waals surface area contributed by atoms with Gasteiger partial charge in [0.2, 0.25) is 0 Å². The van der Waals surface area contributed by atoms with Gasteiger partial charge in [-0.3, -0.25) is 0 Å². The second kappa shape index (κ2) is 14.9. The lowest BCUT2D eigenvalue weighted by molar-refractivity contribution is -0.138. The molecule has 0 atom stereocenters. The molecule has 0 amide bonds. The second-order valence-electron chi connectivity index (χ2n) is 15.7. The quantitative estimate of drug-likeness (QED) is 0.162. The topological polar surface area (TPSA) is 46.5 Å². The summed E-state index contributed by atoms with van der Waals surface area (Å²) < 4.78 is 132. The van der Waals surface area contributed by atoms with Crippen LogP contribution in [0.1, 0.15) is 27.8 Å². The van der Waals surface area contributed by atoms with E-state index in [1.165, 1.54) is 22.8 Å². The molecule has 0 saturated carbocycles. The van der Waals surface area contributed by atoms with Gasteiger partial charge in [-0.15, -0.1) is 0 Å². The number of alkyl halides is 9. The molecule has 10 rings (SSSR count). The van der Waals surface area contributed by atoms with Gasteiger partial charge in [-0.1, -0.05) is 72.3 Å². The van der Waals surface area contributed by atoms with E-state index in [0.29, 0.717) is 38.9 Å². The molecule has 0 aliphatic rings. The van der Waals surface area contributed by atoms with Gasteiger partial charge in [0, 0.05) is 38.2 Å². The molecule has 3 heterocycles. The molecule has 0 spiro atoms. The first-order valence-corrected chi connectivity index (χ1v) is 20.0. The molecular formula is C52H29F9N4. The number of fused-ring (bicyclic) bond motifs is 6. The molecule has 0 saturated heterocycles. The first kappa shape index (κ1) is 41.2. The van der Waals surface area contributed by atoms with Gasteiger partial charge in [0.1, 0.15) is 0 Å². The number of hydrogen-bond donors (Lipinski definition) is 0. The number of nitrogens with zero attached hydrogens (tertiary/aromatic N) is 4. The average molecular weight is 881 g/mol. The maximum Gasteiger partial charge on any atom is 0.416 e. The highest BCUT2D eigenvalue weighted by Crippen LogP contribution is 2.45. The molecule has 7 aromatic carbocycles. The van der Waals surface area contributed by atoms with E-state index in [1.54, 1.807) is 54.0 Å². The lowest BCUT2D eigenvalue weighted by Gasteiger charge is -2.20. The Morgan fingerprint density at radius 3 is 1.22 bits per heavy atom. The number of pyridine rings is 1. The standard InChI is InChI=1S/C52H29F9N4/c1-29-12-16-44-38(20-29)39-24-34(50(53,54)55)13-17-45(39)64(44)48-23-33(28-62)37(32-21-42(30-8-4-2-5-9-30)63-43(22-32)31-10-6-3-7-11-31)27-49(48)65-46-18-14-35(51(56,57)58)25-40(46)41-26-36(52(59,60)61)15-19-47(41)65/h2-27H,1H3. The van der Waals surface area contributed by atoms with Crippen molar-refractivity contribution in [2.45, 2.75) is 25.5 Å². The van der Waals surface area contributed by atoms with Crippen LogP contribution in [0.3, 0.4) is 0 Å². The van der Waals surface area contributed by atoms with Crippen molar-refractivity contribution in [3.8, 4) is 51.1 Å². The smallest absolute Gasteiger partial charge is 0.307 e. The minimum absolute atomic E-state index is 0.102. The molecule has 0 bridgehead atoms. The molecule has 4 nitrogen and oxygen atoms in total. The van der Waals surface area contributed by atoms with Crippen molar-refractivity contribution in [1.82, 2.24) is 14.1 Å². The molecule has 13 heteroatoms. The minimum atomic E-state index is -4.85. The van der Waals surface area contributed by atoms with Crippen LogP contribution in [0.5, 0.6) is 0 Å². The maximum atomic E-state index is 14.3. The van der Waals surface area contributed by atoms with E-state index in [4.69, 9.17) is 4.98 Å². The highest BCUT2D eigenvalue weighted by atomic mass is 19.4. The van der Waals surface area contributed by atoms with Crippen molar-refractivity contribution in [3.63, 3.8) is 0 Å². The van der Waals surface area contributed by atoms with E-state index >= 15 is 0 Å². The van der Waals surface area contributed by atoms with Crippen LogP contribution in [-0.2, 0) is 18.5 Å². The van der Waals surface area contributed by atoms with Crippen LogP contribution >= 0.6 is 0 Å². The molecule has 0 radical (unpaired) electrons. The predicted octanol–water partition coefficient (Wildman–Crippen LogP) is 15.5. The first-order valence-electron chi connectivity index (χ1n) is 20.0. The van der Waals surface area contributed by atoms with Gasteiger partial charge in [-0.2, -0.15) is 44.8 Å². The van der Waals surface area contributed by atoms with Crippen LogP contribution in [-0.4, -0.2) is 14.1 Å². The van der Waals surface area contributed by atoms with Crippen LogP contribution < -0.4 is 0 Å². The summed E-state index contributed by atoms with van der Waals surface area (Å²) in [5.74, 6) is 0. The molecule has 0 aliphatic heterocycles. The molecular weight excluding hydrogens is 852 g/mol. The SMILES string of the molecule is Cc1ccc2c(c1)c1cc(C(F)(F)F)ccc1n2-c1cc(C#N)c(-c2cc(-c3ccccc3)nc(-c3ccccc3)c2)cc1-n1c2ccc(C(F)(F)F)cc2c2cc(C(F)(F)F)ccc21. The molecule has 0 fully saturated rings. The average Bonchev–Trinajstić information content (AvgIpc) is 3.79. The van der Waals surface area contributed by atoms with Crippen molar-refractivity contribution in [3.05, 3.63) is 186 Å². The number of aryl methyl sites for hydroxylation is 1. The fourth-order valence-corrected chi connectivity index (χ4v) is 8.67. The lowest BCUT2D eigenvalue weighted by atomic mass is 9.95. The molecule has 0 aliphatic carbocycles. The van der Waals surface area contributed by atoms with Gasteiger partial charge >= 0.3 is 18.5 Å². The number of halogens is 9. The number of hydrogen-bond acceptors (Lipinski definition) is 2. The number of nitriles is 1. The third-order valence-electron chi connectivity index (χ3n) is 11.7. The van der Waals surface area contributed by atoms with Crippen molar-refractivity contribution in [2.75, 3.05) is 0 Å². The van der Waals surface area contributed by atoms with Gasteiger partial charge in [-0.25, -0.2) is 4.98 Å². The summed E-state index contributed by atoms with van der Waals surface area (Å²) in [5.41, 5.74) is 2.60. The fraction of sp³-hybridized carbons (Fsp3) is 0.0769. The van der Waals surface area contributed by atoms with Gasteiger partial charge < -0.3 is 9.13 Å². The van der Waals surface area contributed by atoms with Gasteiger partial charge in [0.15, 0.2) is 0 Å². The highest BCUT2D eigenvalue weighted by Gasteiger charge is 2.35. The summed E-state index contributed by atoms with van der Waals surface area (Å²) >= 11 is 0. The van der Waals surface area contributed by atoms with Crippen molar-refractivity contribution in [2.24, 2.45) is 0 Å². The van der Waals surface area contributed by atoms with Crippen molar-refractivity contribution >= 4 is 43.6 Å². The molecule has 65 heavy (non-hydrogen) atoms. The van der Waals surface area contributed by atoms with Gasteiger partial charge in [-0.05, 0) is 103 Å². The Bertz CT molecular complexity index is 3440. The Labute approximate surface area is 363 Å². The normalized spacial score (nSPS) is 12.4. The van der Waals surface area contributed by atoms with Gasteiger partial charge in [0.25, 0.3) is 0 Å². The third kappa shape index (κ3) is 7.11. The number of aromatic nitrogens is 3. The van der Waals surface area contributed by atoms with Gasteiger partial charge in [0.05, 0.1) is 73.2 Å².